The van der Waals surface area contributed by atoms with Crippen LogP contribution in [-0.2, 0) is 33.9 Å². The van der Waals surface area contributed by atoms with Gasteiger partial charge in [0.1, 0.15) is 34.9 Å². The predicted octanol–water partition coefficient (Wildman–Crippen LogP) is 6.34. The molecule has 3 saturated carbocycles. The number of rotatable bonds is 12. The molecule has 5 atom stereocenters. The third kappa shape index (κ3) is 7.58. The number of nitrogens with zero attached hydrogens (tertiary/aromatic N) is 2. The first kappa shape index (κ1) is 39.2. The molecule has 57 heavy (non-hydrogen) atoms. The first-order valence-corrected chi connectivity index (χ1v) is 21.6. The van der Waals surface area contributed by atoms with E-state index >= 15 is 0 Å². The van der Waals surface area contributed by atoms with Gasteiger partial charge in [-0.05, 0) is 80.7 Å². The van der Waals surface area contributed by atoms with Crippen molar-refractivity contribution in [3.05, 3.63) is 60.1 Å². The van der Waals surface area contributed by atoms with Crippen LogP contribution >= 0.6 is 11.6 Å². The Kier molecular flexibility index (Phi) is 10.0. The van der Waals surface area contributed by atoms with E-state index in [9.17, 15) is 27.6 Å². The number of hydrogen-bond acceptors (Lipinski definition) is 10. The van der Waals surface area contributed by atoms with Crippen molar-refractivity contribution in [3.8, 4) is 5.88 Å². The Morgan fingerprint density at radius 2 is 1.79 bits per heavy atom. The lowest BCUT2D eigenvalue weighted by Crippen LogP contribution is -2.57. The van der Waals surface area contributed by atoms with Gasteiger partial charge in [-0.3, -0.25) is 23.9 Å². The molecule has 15 heteroatoms. The fourth-order valence-corrected chi connectivity index (χ4v) is 9.93. The third-order valence-electron chi connectivity index (χ3n) is 11.9. The smallest absolute Gasteiger partial charge is 0.306 e. The van der Waals surface area contributed by atoms with Gasteiger partial charge >= 0.3 is 5.97 Å². The van der Waals surface area contributed by atoms with Crippen molar-refractivity contribution in [3.63, 3.8) is 0 Å². The monoisotopic (exact) mass is 818 g/mol. The highest BCUT2D eigenvalue weighted by molar-refractivity contribution is 7.91. The molecule has 0 bridgehead atoms. The van der Waals surface area contributed by atoms with Gasteiger partial charge in [0.25, 0.3) is 5.91 Å². The van der Waals surface area contributed by atoms with Crippen molar-refractivity contribution in [2.45, 2.75) is 108 Å². The van der Waals surface area contributed by atoms with Crippen LogP contribution in [0, 0.1) is 17.3 Å². The van der Waals surface area contributed by atoms with E-state index in [0.29, 0.717) is 45.3 Å². The zero-order valence-corrected chi connectivity index (χ0v) is 33.8. The Balaban J connectivity index is 1.12. The number of hydrogen-bond donors (Lipinski definition) is 2. The van der Waals surface area contributed by atoms with Gasteiger partial charge in [-0.2, -0.15) is 0 Å². The van der Waals surface area contributed by atoms with Crippen LogP contribution in [0.2, 0.25) is 5.02 Å². The summed E-state index contributed by atoms with van der Waals surface area (Å²) >= 11 is 6.48. The summed E-state index contributed by atoms with van der Waals surface area (Å²) in [7, 11) is -3.91. The van der Waals surface area contributed by atoms with E-state index in [4.69, 9.17) is 30.5 Å². The number of aromatic nitrogens is 1. The second-order valence-corrected chi connectivity index (χ2v) is 19.5. The van der Waals surface area contributed by atoms with Gasteiger partial charge in [0.15, 0.2) is 5.58 Å². The average molecular weight is 819 g/mol. The van der Waals surface area contributed by atoms with Crippen molar-refractivity contribution in [1.82, 2.24) is 19.9 Å². The minimum Gasteiger partial charge on any atom is -0.472 e. The molecule has 0 spiro atoms. The number of ether oxygens (including phenoxy) is 2. The molecule has 3 amide bonds. The topological polar surface area (TPSA) is 174 Å². The van der Waals surface area contributed by atoms with E-state index in [0.717, 1.165) is 31.1 Å². The molecule has 3 heterocycles. The summed E-state index contributed by atoms with van der Waals surface area (Å²) in [5.41, 5.74) is -0.506. The Morgan fingerprint density at radius 3 is 2.47 bits per heavy atom. The van der Waals surface area contributed by atoms with Crippen molar-refractivity contribution in [2.75, 3.05) is 6.54 Å². The molecule has 0 radical (unpaired) electrons. The molecule has 2 aromatic heterocycles. The predicted molar refractivity (Wildman–Crippen MR) is 214 cm³/mol. The zero-order valence-electron chi connectivity index (χ0n) is 32.2. The average Bonchev–Trinajstić information content (AvgIpc) is 3.98. The number of halogens is 1. The van der Waals surface area contributed by atoms with Gasteiger partial charge in [0.2, 0.25) is 27.7 Å². The maximum Gasteiger partial charge on any atom is 0.306 e. The third-order valence-corrected chi connectivity index (χ3v) is 14.0. The number of benzene rings is 2. The molecular weight excluding hydrogens is 772 g/mol. The Hall–Kier alpha value is -4.69. The molecule has 0 unspecified atom stereocenters. The number of nitrogens with one attached hydrogen (secondary N) is 2. The minimum atomic E-state index is -3.91. The maximum absolute atomic E-state index is 14.8. The standard InChI is InChI=1S/C42H47ClN4O9S/c1-5-23-21-42(23,40(51)46-57(52,53)27-15-16-27)45-37(49)32-19-26(22-47(32)39(50)31(41(2,3)4)20-34(48)54-25-10-6-7-11-25)55-38-30-18-24(43)14-17-28(30)36-35(44-38)29-12-8-9-13-33(29)56-36/h5,8-9,12-14,17-18,23,25-27,31-32H,1,6-7,10-11,15-16,19-22H2,2-4H3,(H,45,49)(H,46,51)/t23-,26-,31-,32+,42-/m1/s1. The number of pyridine rings is 1. The van der Waals surface area contributed by atoms with Crippen molar-refractivity contribution in [2.24, 2.45) is 17.3 Å². The Morgan fingerprint density at radius 1 is 1.05 bits per heavy atom. The van der Waals surface area contributed by atoms with Crippen molar-refractivity contribution in [1.29, 1.82) is 0 Å². The number of carbonyl (C=O) groups is 4. The van der Waals surface area contributed by atoms with Crippen LogP contribution in [0.1, 0.15) is 78.6 Å². The summed E-state index contributed by atoms with van der Waals surface area (Å²) in [5.74, 6) is -3.58. The second kappa shape index (κ2) is 14.6. The number of carbonyl (C=O) groups excluding carboxylic acids is 4. The normalized spacial score (nSPS) is 24.4. The van der Waals surface area contributed by atoms with Crippen LogP contribution in [-0.4, -0.2) is 77.6 Å². The van der Waals surface area contributed by atoms with Crippen LogP contribution in [0.15, 0.2) is 59.5 Å². The van der Waals surface area contributed by atoms with E-state index < -0.39 is 73.9 Å². The van der Waals surface area contributed by atoms with Crippen LogP contribution in [0.3, 0.4) is 0 Å². The Labute approximate surface area is 335 Å². The molecule has 2 aromatic carbocycles. The largest absolute Gasteiger partial charge is 0.472 e. The van der Waals surface area contributed by atoms with Gasteiger partial charge in [0, 0.05) is 33.5 Å². The maximum atomic E-state index is 14.8. The van der Waals surface area contributed by atoms with Gasteiger partial charge in [-0.1, -0.05) is 50.6 Å². The molecular formula is C42H47ClN4O9S. The lowest BCUT2D eigenvalue weighted by Gasteiger charge is -2.35. The number of fused-ring (bicyclic) bond motifs is 5. The van der Waals surface area contributed by atoms with Gasteiger partial charge in [-0.15, -0.1) is 6.58 Å². The van der Waals surface area contributed by atoms with E-state index in [1.54, 1.807) is 12.1 Å². The van der Waals surface area contributed by atoms with Gasteiger partial charge < -0.3 is 24.1 Å². The van der Waals surface area contributed by atoms with Crippen LogP contribution in [0.25, 0.3) is 32.8 Å². The lowest BCUT2D eigenvalue weighted by molar-refractivity contribution is -0.156. The quantitative estimate of drug-likeness (QED) is 0.121. The summed E-state index contributed by atoms with van der Waals surface area (Å²) in [6.07, 6.45) is 4.95. The minimum absolute atomic E-state index is 0.00565. The molecule has 13 nitrogen and oxygen atoms in total. The molecule has 1 aliphatic heterocycles. The summed E-state index contributed by atoms with van der Waals surface area (Å²) in [4.78, 5) is 62.5. The number of sulfonamides is 1. The molecule has 8 rings (SSSR count). The molecule has 4 aliphatic rings. The van der Waals surface area contributed by atoms with E-state index in [1.807, 2.05) is 51.1 Å². The SMILES string of the molecule is C=C[C@@H]1C[C@]1(NC(=O)[C@@H]1C[C@@H](Oc2nc3c4ccccc4oc3c3ccc(Cl)cc23)CN1C(=O)[C@@H](CC(=O)OC1CCCC1)C(C)(C)C)C(=O)NS(=O)(=O)C1CC1. The highest BCUT2D eigenvalue weighted by Crippen LogP contribution is 2.46. The van der Waals surface area contributed by atoms with Crippen LogP contribution < -0.4 is 14.8 Å². The molecule has 302 valence electrons. The highest BCUT2D eigenvalue weighted by atomic mass is 35.5. The summed E-state index contributed by atoms with van der Waals surface area (Å²) in [6.45, 7) is 9.34. The molecule has 3 aliphatic carbocycles. The summed E-state index contributed by atoms with van der Waals surface area (Å²) in [5, 5.41) is 4.68. The molecule has 2 N–H and O–H groups in total. The van der Waals surface area contributed by atoms with Crippen molar-refractivity contribution >= 4 is 78.2 Å². The summed E-state index contributed by atoms with van der Waals surface area (Å²) < 4.78 is 46.4. The fourth-order valence-electron chi connectivity index (χ4n) is 8.39. The highest BCUT2D eigenvalue weighted by Gasteiger charge is 2.62. The van der Waals surface area contributed by atoms with Crippen molar-refractivity contribution < 1.29 is 41.5 Å². The summed E-state index contributed by atoms with van der Waals surface area (Å²) in [6, 6.07) is 11.7. The molecule has 4 fully saturated rings. The lowest BCUT2D eigenvalue weighted by atomic mass is 9.77. The fraction of sp³-hybridized carbons (Fsp3) is 0.500. The first-order chi connectivity index (χ1) is 27.1. The number of amides is 3. The van der Waals surface area contributed by atoms with Crippen LogP contribution in [0.5, 0.6) is 5.88 Å². The molecule has 1 saturated heterocycles. The second-order valence-electron chi connectivity index (χ2n) is 17.1. The van der Waals surface area contributed by atoms with E-state index in [1.165, 1.54) is 11.0 Å². The van der Waals surface area contributed by atoms with Crippen LogP contribution in [0.4, 0.5) is 0 Å². The zero-order chi connectivity index (χ0) is 40.4. The van der Waals surface area contributed by atoms with Gasteiger partial charge in [0.05, 0.1) is 24.1 Å². The van der Waals surface area contributed by atoms with Gasteiger partial charge in [-0.25, -0.2) is 13.4 Å². The molecule has 4 aromatic rings. The van der Waals surface area contributed by atoms with E-state index in [-0.39, 0.29) is 37.8 Å². The van der Waals surface area contributed by atoms with E-state index in [2.05, 4.69) is 16.6 Å². The number of furan rings is 1. The number of esters is 1. The Bertz CT molecular complexity index is 2420. The number of likely N-dealkylation sites (tertiary alicyclic amines) is 1. The first-order valence-electron chi connectivity index (χ1n) is 19.7. The number of para-hydroxylation sites is 1.